The van der Waals surface area contributed by atoms with Gasteiger partial charge in [0.2, 0.25) is 0 Å². The predicted molar refractivity (Wildman–Crippen MR) is 84.8 cm³/mol. The summed E-state index contributed by atoms with van der Waals surface area (Å²) in [5.74, 6) is 2.11. The SMILES string of the molecule is COc1ccc(/C(N)=N/O)cc1CNCCCCSC. The molecule has 0 heterocycles. The zero-order chi connectivity index (χ0) is 14.8. The highest BCUT2D eigenvalue weighted by Crippen LogP contribution is 2.19. The topological polar surface area (TPSA) is 79.9 Å². The molecule has 0 amide bonds. The van der Waals surface area contributed by atoms with E-state index in [4.69, 9.17) is 15.7 Å². The van der Waals surface area contributed by atoms with Crippen LogP contribution in [-0.4, -0.2) is 36.7 Å². The van der Waals surface area contributed by atoms with E-state index in [0.29, 0.717) is 12.1 Å². The minimum Gasteiger partial charge on any atom is -0.496 e. The second-order valence-electron chi connectivity index (χ2n) is 4.39. The number of nitrogens with two attached hydrogens (primary N) is 1. The Morgan fingerprint density at radius 2 is 2.25 bits per heavy atom. The summed E-state index contributed by atoms with van der Waals surface area (Å²) in [5.41, 5.74) is 7.29. The number of methoxy groups -OCH3 is 1. The number of oxime groups is 1. The van der Waals surface area contributed by atoms with Gasteiger partial charge in [-0.25, -0.2) is 0 Å². The predicted octanol–water partition coefficient (Wildman–Crippen LogP) is 2.02. The number of hydrogen-bond donors (Lipinski definition) is 3. The van der Waals surface area contributed by atoms with Crippen molar-refractivity contribution in [2.75, 3.05) is 25.7 Å². The van der Waals surface area contributed by atoms with Crippen LogP contribution in [-0.2, 0) is 6.54 Å². The van der Waals surface area contributed by atoms with Gasteiger partial charge in [-0.05, 0) is 49.6 Å². The van der Waals surface area contributed by atoms with Crippen LogP contribution in [0.2, 0.25) is 0 Å². The molecule has 0 aliphatic carbocycles. The fraction of sp³-hybridized carbons (Fsp3) is 0.500. The van der Waals surface area contributed by atoms with Gasteiger partial charge in [-0.3, -0.25) is 0 Å². The number of amidine groups is 1. The minimum atomic E-state index is 0.105. The van der Waals surface area contributed by atoms with Crippen molar-refractivity contribution < 1.29 is 9.94 Å². The van der Waals surface area contributed by atoms with Gasteiger partial charge in [0.05, 0.1) is 7.11 Å². The quantitative estimate of drug-likeness (QED) is 0.214. The summed E-state index contributed by atoms with van der Waals surface area (Å²) in [6.45, 7) is 1.67. The summed E-state index contributed by atoms with van der Waals surface area (Å²) in [7, 11) is 1.64. The molecule has 0 saturated carbocycles. The Balaban J connectivity index is 2.58. The van der Waals surface area contributed by atoms with Crippen molar-refractivity contribution in [2.24, 2.45) is 10.9 Å². The fourth-order valence-electron chi connectivity index (χ4n) is 1.85. The van der Waals surface area contributed by atoms with E-state index in [9.17, 15) is 0 Å². The standard InChI is InChI=1S/C14H23N3O2S/c1-19-13-6-5-11(14(15)17-18)9-12(13)10-16-7-3-4-8-20-2/h5-6,9,16,18H,3-4,7-8,10H2,1-2H3,(H2,15,17). The van der Waals surface area contributed by atoms with Crippen molar-refractivity contribution in [3.05, 3.63) is 29.3 Å². The number of benzene rings is 1. The van der Waals surface area contributed by atoms with E-state index >= 15 is 0 Å². The first-order chi connectivity index (χ1) is 9.72. The third kappa shape index (κ3) is 5.30. The van der Waals surface area contributed by atoms with E-state index in [1.54, 1.807) is 13.2 Å². The Morgan fingerprint density at radius 1 is 1.45 bits per heavy atom. The van der Waals surface area contributed by atoms with Gasteiger partial charge in [-0.2, -0.15) is 11.8 Å². The smallest absolute Gasteiger partial charge is 0.170 e. The molecule has 6 heteroatoms. The van der Waals surface area contributed by atoms with E-state index in [0.717, 1.165) is 24.3 Å². The Bertz CT molecular complexity index is 438. The Labute approximate surface area is 124 Å². The molecular formula is C14H23N3O2S. The molecule has 1 aromatic carbocycles. The molecule has 5 nitrogen and oxygen atoms in total. The van der Waals surface area contributed by atoms with Crippen molar-refractivity contribution in [3.63, 3.8) is 0 Å². The Kier molecular flexibility index (Phi) is 7.91. The number of hydrogen-bond acceptors (Lipinski definition) is 5. The highest BCUT2D eigenvalue weighted by molar-refractivity contribution is 7.98. The van der Waals surface area contributed by atoms with E-state index in [2.05, 4.69) is 16.7 Å². The lowest BCUT2D eigenvalue weighted by Crippen LogP contribution is -2.17. The maximum atomic E-state index is 8.72. The van der Waals surface area contributed by atoms with Crippen LogP contribution in [0.3, 0.4) is 0 Å². The van der Waals surface area contributed by atoms with Crippen LogP contribution in [0.1, 0.15) is 24.0 Å². The molecule has 0 atom stereocenters. The molecule has 0 unspecified atom stereocenters. The van der Waals surface area contributed by atoms with Crippen LogP contribution >= 0.6 is 11.8 Å². The van der Waals surface area contributed by atoms with E-state index in [1.807, 2.05) is 23.9 Å². The number of thioether (sulfide) groups is 1. The summed E-state index contributed by atoms with van der Waals surface area (Å²) < 4.78 is 5.32. The number of unbranched alkanes of at least 4 members (excludes halogenated alkanes) is 1. The molecule has 112 valence electrons. The third-order valence-corrected chi connectivity index (χ3v) is 3.65. The first kappa shape index (κ1) is 16.7. The van der Waals surface area contributed by atoms with Crippen molar-refractivity contribution in [3.8, 4) is 5.75 Å². The van der Waals surface area contributed by atoms with Gasteiger partial charge >= 0.3 is 0 Å². The molecule has 0 fully saturated rings. The lowest BCUT2D eigenvalue weighted by atomic mass is 10.1. The Morgan fingerprint density at radius 3 is 2.90 bits per heavy atom. The summed E-state index contributed by atoms with van der Waals surface area (Å²) in [5, 5.41) is 15.1. The number of nitrogens with zero attached hydrogens (tertiary/aromatic N) is 1. The first-order valence-corrected chi connectivity index (χ1v) is 7.96. The number of ether oxygens (including phenoxy) is 1. The van der Waals surface area contributed by atoms with Crippen LogP contribution in [0.25, 0.3) is 0 Å². The minimum absolute atomic E-state index is 0.105. The van der Waals surface area contributed by atoms with Crippen LogP contribution in [0.15, 0.2) is 23.4 Å². The van der Waals surface area contributed by atoms with E-state index < -0.39 is 0 Å². The second kappa shape index (κ2) is 9.50. The fourth-order valence-corrected chi connectivity index (χ4v) is 2.35. The molecule has 0 radical (unpaired) electrons. The molecule has 20 heavy (non-hydrogen) atoms. The average molecular weight is 297 g/mol. The molecule has 0 spiro atoms. The van der Waals surface area contributed by atoms with Crippen LogP contribution in [0.5, 0.6) is 5.75 Å². The van der Waals surface area contributed by atoms with Gasteiger partial charge in [0, 0.05) is 17.7 Å². The van der Waals surface area contributed by atoms with Crippen LogP contribution in [0, 0.1) is 0 Å². The molecule has 1 rings (SSSR count). The molecule has 0 aliphatic heterocycles. The normalized spacial score (nSPS) is 11.6. The molecule has 1 aromatic rings. The van der Waals surface area contributed by atoms with Crippen LogP contribution < -0.4 is 15.8 Å². The van der Waals surface area contributed by atoms with Gasteiger partial charge < -0.3 is 21.0 Å². The van der Waals surface area contributed by atoms with Crippen molar-refractivity contribution in [1.82, 2.24) is 5.32 Å². The maximum Gasteiger partial charge on any atom is 0.170 e. The van der Waals surface area contributed by atoms with Gasteiger partial charge in [-0.1, -0.05) is 5.16 Å². The van der Waals surface area contributed by atoms with Crippen molar-refractivity contribution in [1.29, 1.82) is 0 Å². The first-order valence-electron chi connectivity index (χ1n) is 6.57. The molecular weight excluding hydrogens is 274 g/mol. The summed E-state index contributed by atoms with van der Waals surface area (Å²) in [6, 6.07) is 5.48. The molecule has 0 aliphatic rings. The summed E-state index contributed by atoms with van der Waals surface area (Å²) in [4.78, 5) is 0. The summed E-state index contributed by atoms with van der Waals surface area (Å²) in [6.07, 6.45) is 4.50. The monoisotopic (exact) mass is 297 g/mol. The van der Waals surface area contributed by atoms with Gasteiger partial charge in [0.25, 0.3) is 0 Å². The van der Waals surface area contributed by atoms with Crippen LogP contribution in [0.4, 0.5) is 0 Å². The Hall–Kier alpha value is -1.40. The van der Waals surface area contributed by atoms with Gasteiger partial charge in [-0.15, -0.1) is 0 Å². The van der Waals surface area contributed by atoms with E-state index in [1.165, 1.54) is 12.2 Å². The highest BCUT2D eigenvalue weighted by Gasteiger charge is 2.06. The highest BCUT2D eigenvalue weighted by atomic mass is 32.2. The molecule has 0 aromatic heterocycles. The zero-order valence-electron chi connectivity index (χ0n) is 12.1. The second-order valence-corrected chi connectivity index (χ2v) is 5.37. The average Bonchev–Trinajstić information content (AvgIpc) is 2.49. The lowest BCUT2D eigenvalue weighted by molar-refractivity contribution is 0.318. The molecule has 0 bridgehead atoms. The maximum absolute atomic E-state index is 8.72. The summed E-state index contributed by atoms with van der Waals surface area (Å²) >= 11 is 1.87. The lowest BCUT2D eigenvalue weighted by Gasteiger charge is -2.11. The molecule has 4 N–H and O–H groups in total. The molecule has 0 saturated heterocycles. The largest absolute Gasteiger partial charge is 0.496 e. The van der Waals surface area contributed by atoms with Crippen molar-refractivity contribution in [2.45, 2.75) is 19.4 Å². The van der Waals surface area contributed by atoms with Gasteiger partial charge in [0.1, 0.15) is 5.75 Å². The zero-order valence-corrected chi connectivity index (χ0v) is 12.9. The van der Waals surface area contributed by atoms with E-state index in [-0.39, 0.29) is 5.84 Å². The van der Waals surface area contributed by atoms with Crippen molar-refractivity contribution >= 4 is 17.6 Å². The third-order valence-electron chi connectivity index (χ3n) is 2.95. The van der Waals surface area contributed by atoms with Gasteiger partial charge in [0.15, 0.2) is 5.84 Å². The number of rotatable bonds is 9. The number of nitrogens with one attached hydrogen (secondary N) is 1.